The van der Waals surface area contributed by atoms with E-state index in [2.05, 4.69) is 26.1 Å². The Balaban J connectivity index is 1.24. The highest BCUT2D eigenvalue weighted by atomic mass is 32.2. The van der Waals surface area contributed by atoms with Crippen LogP contribution in [-0.2, 0) is 11.2 Å². The lowest BCUT2D eigenvalue weighted by Gasteiger charge is -2.36. The molecule has 1 aliphatic rings. The highest BCUT2D eigenvalue weighted by Gasteiger charge is 2.21. The van der Waals surface area contributed by atoms with Gasteiger partial charge in [-0.05, 0) is 35.7 Å². The van der Waals surface area contributed by atoms with Crippen molar-refractivity contribution in [2.45, 2.75) is 11.6 Å². The number of carbonyl (C=O) groups excluding carboxylic acids is 1. The van der Waals surface area contributed by atoms with Crippen LogP contribution in [0.5, 0.6) is 0 Å². The molecule has 6 nitrogen and oxygen atoms in total. The summed E-state index contributed by atoms with van der Waals surface area (Å²) in [6.45, 7) is 2.81. The lowest BCUT2D eigenvalue weighted by molar-refractivity contribution is -0.128. The third-order valence-corrected chi connectivity index (χ3v) is 6.29. The number of halogens is 1. The molecular formula is C19H20FN5OS2. The highest BCUT2D eigenvalue weighted by Crippen LogP contribution is 2.19. The number of thiophene rings is 1. The normalized spacial score (nSPS) is 14.5. The van der Waals surface area contributed by atoms with Crippen molar-refractivity contribution >= 4 is 34.7 Å². The summed E-state index contributed by atoms with van der Waals surface area (Å²) in [4.78, 5) is 22.2. The number of H-pyrrole nitrogens is 1. The summed E-state index contributed by atoms with van der Waals surface area (Å²) >= 11 is 3.04. The first-order valence-corrected chi connectivity index (χ1v) is 10.9. The van der Waals surface area contributed by atoms with Crippen molar-refractivity contribution in [3.8, 4) is 0 Å². The summed E-state index contributed by atoms with van der Waals surface area (Å²) in [6, 6.07) is 10.6. The second-order valence-corrected chi connectivity index (χ2v) is 8.43. The molecule has 28 heavy (non-hydrogen) atoms. The number of anilines is 1. The van der Waals surface area contributed by atoms with Crippen molar-refractivity contribution in [2.75, 3.05) is 36.8 Å². The van der Waals surface area contributed by atoms with Gasteiger partial charge in [0.1, 0.15) is 11.6 Å². The van der Waals surface area contributed by atoms with E-state index in [4.69, 9.17) is 0 Å². The van der Waals surface area contributed by atoms with Crippen LogP contribution in [0.3, 0.4) is 0 Å². The number of rotatable bonds is 6. The molecule has 0 unspecified atom stereocenters. The van der Waals surface area contributed by atoms with Gasteiger partial charge in [0.05, 0.1) is 5.75 Å². The van der Waals surface area contributed by atoms with E-state index in [0.29, 0.717) is 24.0 Å². The molecular weight excluding hydrogens is 397 g/mol. The average Bonchev–Trinajstić information content (AvgIpc) is 3.39. The van der Waals surface area contributed by atoms with Gasteiger partial charge in [-0.2, -0.15) is 0 Å². The Morgan fingerprint density at radius 1 is 1.18 bits per heavy atom. The molecule has 4 rings (SSSR count). The smallest absolute Gasteiger partial charge is 0.233 e. The third kappa shape index (κ3) is 4.71. The topological polar surface area (TPSA) is 65.1 Å². The molecule has 0 bridgehead atoms. The number of piperazine rings is 1. The van der Waals surface area contributed by atoms with Crippen LogP contribution in [0, 0.1) is 5.82 Å². The Labute approximate surface area is 170 Å². The Morgan fingerprint density at radius 2 is 1.96 bits per heavy atom. The number of carbonyl (C=O) groups is 1. The van der Waals surface area contributed by atoms with E-state index in [0.717, 1.165) is 31.0 Å². The number of benzene rings is 1. The van der Waals surface area contributed by atoms with Crippen LogP contribution in [0.1, 0.15) is 10.7 Å². The SMILES string of the molecule is O=C(CSc1n[nH]c(Cc2cccs2)n1)N1CCN(c2ccc(F)cc2)CC1. The van der Waals surface area contributed by atoms with Gasteiger partial charge >= 0.3 is 0 Å². The number of amides is 1. The van der Waals surface area contributed by atoms with Crippen molar-refractivity contribution < 1.29 is 9.18 Å². The lowest BCUT2D eigenvalue weighted by atomic mass is 10.2. The van der Waals surface area contributed by atoms with Gasteiger partial charge in [0, 0.05) is 43.2 Å². The number of nitrogens with zero attached hydrogens (tertiary/aromatic N) is 4. The number of thioether (sulfide) groups is 1. The van der Waals surface area contributed by atoms with E-state index >= 15 is 0 Å². The Kier molecular flexibility index (Phi) is 5.92. The molecule has 0 radical (unpaired) electrons. The summed E-state index contributed by atoms with van der Waals surface area (Å²) in [5.74, 6) is 0.992. The number of hydrogen-bond acceptors (Lipinski definition) is 6. The summed E-state index contributed by atoms with van der Waals surface area (Å²) in [5, 5.41) is 9.78. The van der Waals surface area contributed by atoms with Crippen LogP contribution >= 0.6 is 23.1 Å². The zero-order valence-electron chi connectivity index (χ0n) is 15.2. The van der Waals surface area contributed by atoms with Crippen molar-refractivity contribution in [3.05, 3.63) is 58.3 Å². The Hall–Kier alpha value is -2.39. The monoisotopic (exact) mass is 417 g/mol. The molecule has 0 saturated carbocycles. The van der Waals surface area contributed by atoms with Gasteiger partial charge in [-0.3, -0.25) is 9.89 Å². The fourth-order valence-corrected chi connectivity index (χ4v) is 4.51. The maximum absolute atomic E-state index is 13.1. The standard InChI is InChI=1S/C19H20FN5OS2/c20-14-3-5-15(6-4-14)24-7-9-25(10-8-24)18(26)13-28-19-21-17(22-23-19)12-16-2-1-11-27-16/h1-6,11H,7-10,12-13H2,(H,21,22,23). The first-order chi connectivity index (χ1) is 13.7. The van der Waals surface area contributed by atoms with E-state index < -0.39 is 0 Å². The number of hydrogen-bond donors (Lipinski definition) is 1. The molecule has 9 heteroatoms. The number of nitrogens with one attached hydrogen (secondary N) is 1. The fraction of sp³-hybridized carbons (Fsp3) is 0.316. The van der Waals surface area contributed by atoms with E-state index in [1.807, 2.05) is 16.3 Å². The zero-order valence-corrected chi connectivity index (χ0v) is 16.8. The van der Waals surface area contributed by atoms with Crippen molar-refractivity contribution in [1.29, 1.82) is 0 Å². The molecule has 146 valence electrons. The fourth-order valence-electron chi connectivity index (χ4n) is 3.08. The van der Waals surface area contributed by atoms with Gasteiger partial charge in [-0.15, -0.1) is 16.4 Å². The predicted octanol–water partition coefficient (Wildman–Crippen LogP) is 3.04. The largest absolute Gasteiger partial charge is 0.368 e. The van der Waals surface area contributed by atoms with Crippen LogP contribution in [0.4, 0.5) is 10.1 Å². The summed E-state index contributed by atoms with van der Waals surface area (Å²) in [5.41, 5.74) is 0.988. The minimum atomic E-state index is -0.236. The average molecular weight is 418 g/mol. The van der Waals surface area contributed by atoms with Crippen LogP contribution < -0.4 is 4.90 Å². The zero-order chi connectivity index (χ0) is 19.3. The van der Waals surface area contributed by atoms with E-state index in [9.17, 15) is 9.18 Å². The highest BCUT2D eigenvalue weighted by molar-refractivity contribution is 7.99. The molecule has 0 atom stereocenters. The molecule has 3 aromatic rings. The minimum absolute atomic E-state index is 0.0911. The van der Waals surface area contributed by atoms with Gasteiger partial charge in [-0.1, -0.05) is 17.8 Å². The Bertz CT molecular complexity index is 905. The van der Waals surface area contributed by atoms with Gasteiger partial charge in [0.25, 0.3) is 0 Å². The summed E-state index contributed by atoms with van der Waals surface area (Å²) in [6.07, 6.45) is 0.727. The van der Waals surface area contributed by atoms with Crippen LogP contribution in [0.2, 0.25) is 0 Å². The maximum Gasteiger partial charge on any atom is 0.233 e. The summed E-state index contributed by atoms with van der Waals surface area (Å²) in [7, 11) is 0. The molecule has 2 aromatic heterocycles. The van der Waals surface area contributed by atoms with Gasteiger partial charge in [-0.25, -0.2) is 9.37 Å². The third-order valence-electron chi connectivity index (χ3n) is 4.58. The molecule has 3 heterocycles. The lowest BCUT2D eigenvalue weighted by Crippen LogP contribution is -2.49. The molecule has 1 amide bonds. The van der Waals surface area contributed by atoms with Gasteiger partial charge in [0.15, 0.2) is 0 Å². The molecule has 1 aromatic carbocycles. The van der Waals surface area contributed by atoms with Gasteiger partial charge < -0.3 is 9.80 Å². The molecule has 1 N–H and O–H groups in total. The first-order valence-electron chi connectivity index (χ1n) is 9.02. The summed E-state index contributed by atoms with van der Waals surface area (Å²) < 4.78 is 13.1. The Morgan fingerprint density at radius 3 is 2.68 bits per heavy atom. The van der Waals surface area contributed by atoms with E-state index in [1.165, 1.54) is 28.8 Å². The van der Waals surface area contributed by atoms with Crippen LogP contribution in [-0.4, -0.2) is 57.9 Å². The quantitative estimate of drug-likeness (QED) is 0.625. The number of aromatic amines is 1. The van der Waals surface area contributed by atoms with Crippen LogP contribution in [0.25, 0.3) is 0 Å². The minimum Gasteiger partial charge on any atom is -0.368 e. The second-order valence-electron chi connectivity index (χ2n) is 6.45. The molecule has 1 fully saturated rings. The molecule has 0 aliphatic carbocycles. The number of aromatic nitrogens is 3. The predicted molar refractivity (Wildman–Crippen MR) is 109 cm³/mol. The second kappa shape index (κ2) is 8.74. The first kappa shape index (κ1) is 18.9. The van der Waals surface area contributed by atoms with E-state index in [-0.39, 0.29) is 11.7 Å². The maximum atomic E-state index is 13.1. The van der Waals surface area contributed by atoms with E-state index in [1.54, 1.807) is 23.5 Å². The molecule has 0 spiro atoms. The van der Waals surface area contributed by atoms with Crippen molar-refractivity contribution in [1.82, 2.24) is 20.1 Å². The van der Waals surface area contributed by atoms with Crippen LogP contribution in [0.15, 0.2) is 46.9 Å². The van der Waals surface area contributed by atoms with Crippen molar-refractivity contribution in [2.24, 2.45) is 0 Å². The molecule has 1 aliphatic heterocycles. The van der Waals surface area contributed by atoms with Crippen molar-refractivity contribution in [3.63, 3.8) is 0 Å². The van der Waals surface area contributed by atoms with Gasteiger partial charge in [0.2, 0.25) is 11.1 Å². The molecule has 1 saturated heterocycles.